The zero-order valence-corrected chi connectivity index (χ0v) is 12.6. The van der Waals surface area contributed by atoms with Crippen molar-refractivity contribution >= 4 is 17.8 Å². The van der Waals surface area contributed by atoms with Crippen molar-refractivity contribution in [3.63, 3.8) is 0 Å². The number of nitrogens with one attached hydrogen (secondary N) is 2. The van der Waals surface area contributed by atoms with E-state index in [0.717, 1.165) is 12.8 Å². The van der Waals surface area contributed by atoms with Gasteiger partial charge in [0, 0.05) is 18.9 Å². The second-order valence-corrected chi connectivity index (χ2v) is 5.18. The molecular weight excluding hydrogens is 260 g/mol. The minimum Gasteiger partial charge on any atom is -0.480 e. The van der Waals surface area contributed by atoms with Gasteiger partial charge in [-0.1, -0.05) is 19.8 Å². The summed E-state index contributed by atoms with van der Waals surface area (Å²) in [5.41, 5.74) is 0. The molecule has 0 fully saturated rings. The zero-order valence-electron chi connectivity index (χ0n) is 12.6. The summed E-state index contributed by atoms with van der Waals surface area (Å²) in [6, 6.07) is -0.742. The van der Waals surface area contributed by atoms with E-state index in [1.807, 2.05) is 20.8 Å². The van der Waals surface area contributed by atoms with Crippen LogP contribution < -0.4 is 10.6 Å². The maximum absolute atomic E-state index is 11.6. The van der Waals surface area contributed by atoms with E-state index in [4.69, 9.17) is 5.11 Å². The van der Waals surface area contributed by atoms with Gasteiger partial charge >= 0.3 is 5.97 Å². The average molecular weight is 286 g/mol. The van der Waals surface area contributed by atoms with Crippen molar-refractivity contribution in [3.05, 3.63) is 0 Å². The molecule has 0 saturated heterocycles. The molecule has 20 heavy (non-hydrogen) atoms. The molecule has 0 rings (SSSR count). The van der Waals surface area contributed by atoms with Crippen LogP contribution in [0.3, 0.4) is 0 Å². The first-order valence-corrected chi connectivity index (χ1v) is 7.18. The van der Waals surface area contributed by atoms with Crippen molar-refractivity contribution in [2.24, 2.45) is 0 Å². The van der Waals surface area contributed by atoms with Crippen molar-refractivity contribution in [2.75, 3.05) is 0 Å². The molecule has 116 valence electrons. The number of hydrogen-bond donors (Lipinski definition) is 3. The Labute approximate surface area is 120 Å². The van der Waals surface area contributed by atoms with Crippen molar-refractivity contribution in [3.8, 4) is 0 Å². The number of amides is 2. The third kappa shape index (κ3) is 9.35. The highest BCUT2D eigenvalue weighted by molar-refractivity contribution is 5.84. The molecule has 0 saturated carbocycles. The molecule has 0 spiro atoms. The smallest absolute Gasteiger partial charge is 0.326 e. The second kappa shape index (κ2) is 10.2. The van der Waals surface area contributed by atoms with Crippen LogP contribution in [0, 0.1) is 0 Å². The maximum atomic E-state index is 11.6. The predicted octanol–water partition coefficient (Wildman–Crippen LogP) is 1.44. The van der Waals surface area contributed by atoms with Gasteiger partial charge in [0.05, 0.1) is 0 Å². The average Bonchev–Trinajstić information content (AvgIpc) is 2.33. The van der Waals surface area contributed by atoms with Gasteiger partial charge in [0.1, 0.15) is 6.04 Å². The topological polar surface area (TPSA) is 95.5 Å². The number of rotatable bonds is 10. The summed E-state index contributed by atoms with van der Waals surface area (Å²) < 4.78 is 0. The van der Waals surface area contributed by atoms with Gasteiger partial charge in [0.15, 0.2) is 0 Å². The minimum atomic E-state index is -1.01. The summed E-state index contributed by atoms with van der Waals surface area (Å²) in [6.07, 6.45) is 2.94. The summed E-state index contributed by atoms with van der Waals surface area (Å²) in [7, 11) is 0. The molecule has 0 aliphatic carbocycles. The molecule has 0 aromatic heterocycles. The zero-order chi connectivity index (χ0) is 15.5. The lowest BCUT2D eigenvalue weighted by Crippen LogP contribution is -2.40. The fourth-order valence-electron chi connectivity index (χ4n) is 1.74. The first-order chi connectivity index (χ1) is 9.36. The number of aliphatic carboxylic acids is 1. The summed E-state index contributed by atoms with van der Waals surface area (Å²) in [5, 5.41) is 14.2. The number of hydrogen-bond acceptors (Lipinski definition) is 3. The van der Waals surface area contributed by atoms with Gasteiger partial charge < -0.3 is 15.7 Å². The van der Waals surface area contributed by atoms with E-state index in [-0.39, 0.29) is 30.7 Å². The molecule has 1 unspecified atom stereocenters. The summed E-state index contributed by atoms with van der Waals surface area (Å²) >= 11 is 0. The van der Waals surface area contributed by atoms with E-state index in [9.17, 15) is 14.4 Å². The lowest BCUT2D eigenvalue weighted by Gasteiger charge is -2.14. The van der Waals surface area contributed by atoms with Gasteiger partial charge in [-0.25, -0.2) is 4.79 Å². The summed E-state index contributed by atoms with van der Waals surface area (Å²) in [5.74, 6) is -1.41. The van der Waals surface area contributed by atoms with Crippen LogP contribution in [0.5, 0.6) is 0 Å². The highest BCUT2D eigenvalue weighted by atomic mass is 16.4. The van der Waals surface area contributed by atoms with E-state index in [2.05, 4.69) is 10.6 Å². The van der Waals surface area contributed by atoms with Crippen molar-refractivity contribution in [2.45, 2.75) is 71.4 Å². The molecular formula is C14H26N2O4. The molecule has 6 nitrogen and oxygen atoms in total. The molecule has 3 N–H and O–H groups in total. The number of carbonyl (C=O) groups excluding carboxylic acids is 2. The third-order valence-electron chi connectivity index (χ3n) is 2.74. The molecule has 0 aromatic rings. The Morgan fingerprint density at radius 1 is 1.00 bits per heavy atom. The van der Waals surface area contributed by atoms with E-state index >= 15 is 0 Å². The largest absolute Gasteiger partial charge is 0.480 e. The molecule has 0 aromatic carbocycles. The first kappa shape index (κ1) is 18.4. The molecule has 1 atom stereocenters. The van der Waals surface area contributed by atoms with Gasteiger partial charge in [-0.3, -0.25) is 9.59 Å². The highest BCUT2D eigenvalue weighted by Gasteiger charge is 2.18. The summed E-state index contributed by atoms with van der Waals surface area (Å²) in [4.78, 5) is 34.0. The van der Waals surface area contributed by atoms with Crippen molar-refractivity contribution in [1.29, 1.82) is 0 Å². The van der Waals surface area contributed by atoms with Gasteiger partial charge in [0.2, 0.25) is 11.8 Å². The van der Waals surface area contributed by atoms with E-state index in [0.29, 0.717) is 12.8 Å². The number of carboxylic acids is 1. The monoisotopic (exact) mass is 286 g/mol. The number of carboxylic acid groups (broad SMARTS) is 1. The first-order valence-electron chi connectivity index (χ1n) is 7.18. The standard InChI is InChI=1S/C14H26N2O4/c1-4-5-7-11(14(19)20)16-13(18)9-6-8-12(17)15-10(2)3/h10-11H,4-9H2,1-3H3,(H,15,17)(H,16,18)(H,19,20). The number of carbonyl (C=O) groups is 3. The summed E-state index contributed by atoms with van der Waals surface area (Å²) in [6.45, 7) is 5.71. The molecule has 0 bridgehead atoms. The van der Waals surface area contributed by atoms with Crippen LogP contribution in [0.2, 0.25) is 0 Å². The molecule has 6 heteroatoms. The predicted molar refractivity (Wildman–Crippen MR) is 76.2 cm³/mol. The molecule has 0 aliphatic heterocycles. The van der Waals surface area contributed by atoms with Gasteiger partial charge in [-0.15, -0.1) is 0 Å². The SMILES string of the molecule is CCCCC(NC(=O)CCCC(=O)NC(C)C)C(=O)O. The van der Waals surface area contributed by atoms with Crippen molar-refractivity contribution in [1.82, 2.24) is 10.6 Å². The lowest BCUT2D eigenvalue weighted by molar-refractivity contribution is -0.142. The Morgan fingerprint density at radius 2 is 1.55 bits per heavy atom. The Morgan fingerprint density at radius 3 is 2.00 bits per heavy atom. The third-order valence-corrected chi connectivity index (χ3v) is 2.74. The van der Waals surface area contributed by atoms with E-state index in [1.165, 1.54) is 0 Å². The quantitative estimate of drug-likeness (QED) is 0.566. The minimum absolute atomic E-state index is 0.0850. The number of unbranched alkanes of at least 4 members (excludes halogenated alkanes) is 1. The Bertz CT molecular complexity index is 329. The fraction of sp³-hybridized carbons (Fsp3) is 0.786. The van der Waals surface area contributed by atoms with Crippen LogP contribution >= 0.6 is 0 Å². The fourth-order valence-corrected chi connectivity index (χ4v) is 1.74. The molecule has 0 aliphatic rings. The molecule has 2 amide bonds. The van der Waals surface area contributed by atoms with Gasteiger partial charge in [-0.05, 0) is 26.7 Å². The van der Waals surface area contributed by atoms with Crippen LogP contribution in [0.4, 0.5) is 0 Å². The van der Waals surface area contributed by atoms with Gasteiger partial charge in [-0.2, -0.15) is 0 Å². The van der Waals surface area contributed by atoms with E-state index < -0.39 is 12.0 Å². The van der Waals surface area contributed by atoms with Crippen LogP contribution in [0.15, 0.2) is 0 Å². The van der Waals surface area contributed by atoms with Crippen LogP contribution in [-0.4, -0.2) is 35.0 Å². The highest BCUT2D eigenvalue weighted by Crippen LogP contribution is 2.03. The van der Waals surface area contributed by atoms with Crippen LogP contribution in [-0.2, 0) is 14.4 Å². The lowest BCUT2D eigenvalue weighted by atomic mass is 10.1. The van der Waals surface area contributed by atoms with E-state index in [1.54, 1.807) is 0 Å². The van der Waals surface area contributed by atoms with Crippen LogP contribution in [0.1, 0.15) is 59.3 Å². The van der Waals surface area contributed by atoms with Crippen molar-refractivity contribution < 1.29 is 19.5 Å². The maximum Gasteiger partial charge on any atom is 0.326 e. The molecule has 0 radical (unpaired) electrons. The Kier molecular flexibility index (Phi) is 9.41. The normalized spacial score (nSPS) is 12.0. The van der Waals surface area contributed by atoms with Gasteiger partial charge in [0.25, 0.3) is 0 Å². The Balaban J connectivity index is 3.96. The Hall–Kier alpha value is -1.59. The second-order valence-electron chi connectivity index (χ2n) is 5.18. The van der Waals surface area contributed by atoms with Crippen LogP contribution in [0.25, 0.3) is 0 Å². The molecule has 0 heterocycles.